The van der Waals surface area contributed by atoms with Gasteiger partial charge in [-0.05, 0) is 29.4 Å². The second kappa shape index (κ2) is 7.24. The van der Waals surface area contributed by atoms with Crippen LogP contribution in [0.5, 0.6) is 0 Å². The molecule has 0 unspecified atom stereocenters. The molecule has 1 heterocycles. The van der Waals surface area contributed by atoms with E-state index in [1.165, 1.54) is 0 Å². The van der Waals surface area contributed by atoms with Crippen molar-refractivity contribution in [1.29, 1.82) is 0 Å². The van der Waals surface area contributed by atoms with Crippen LogP contribution in [0.4, 0.5) is 5.95 Å². The molecule has 24 heavy (non-hydrogen) atoms. The van der Waals surface area contributed by atoms with Gasteiger partial charge in [0, 0.05) is 18.7 Å². The Bertz CT molecular complexity index is 880. The normalized spacial score (nSPS) is 11.3. The van der Waals surface area contributed by atoms with E-state index in [0.717, 1.165) is 5.56 Å². The summed E-state index contributed by atoms with van der Waals surface area (Å²) in [5.41, 5.74) is 0.822. The Kier molecular flexibility index (Phi) is 4.88. The minimum atomic E-state index is -3.51. The number of aromatic nitrogens is 2. The predicted molar refractivity (Wildman–Crippen MR) is 89.9 cm³/mol. The number of anilines is 1. The third-order valence-corrected chi connectivity index (χ3v) is 4.68. The Morgan fingerprint density at radius 2 is 1.58 bits per heavy atom. The SMILES string of the molecule is O=S(=O)(NCCNc1noc(-c2ccccc2)n1)c1ccccc1. The fraction of sp³-hybridized carbons (Fsp3) is 0.125. The van der Waals surface area contributed by atoms with Gasteiger partial charge in [-0.25, -0.2) is 13.1 Å². The van der Waals surface area contributed by atoms with Gasteiger partial charge in [0.15, 0.2) is 0 Å². The molecule has 0 aliphatic rings. The van der Waals surface area contributed by atoms with E-state index in [1.807, 2.05) is 30.3 Å². The highest BCUT2D eigenvalue weighted by Crippen LogP contribution is 2.17. The standard InChI is InChI=1S/C16H16N4O3S/c21-24(22,14-9-5-2-6-10-14)18-12-11-17-16-19-15(23-20-16)13-7-3-1-4-8-13/h1-10,18H,11-12H2,(H,17,20). The Morgan fingerprint density at radius 1 is 0.917 bits per heavy atom. The largest absolute Gasteiger partial charge is 0.350 e. The fourth-order valence-electron chi connectivity index (χ4n) is 2.04. The molecule has 0 aliphatic heterocycles. The van der Waals surface area contributed by atoms with Crippen LogP contribution in [0.25, 0.3) is 11.5 Å². The zero-order chi connectivity index (χ0) is 16.8. The van der Waals surface area contributed by atoms with Crippen molar-refractivity contribution in [3.8, 4) is 11.5 Å². The van der Waals surface area contributed by atoms with Crippen LogP contribution >= 0.6 is 0 Å². The summed E-state index contributed by atoms with van der Waals surface area (Å²) in [6, 6.07) is 17.6. The Hall–Kier alpha value is -2.71. The lowest BCUT2D eigenvalue weighted by molar-refractivity contribution is 0.432. The highest BCUT2D eigenvalue weighted by Gasteiger charge is 2.12. The molecule has 3 aromatic rings. The van der Waals surface area contributed by atoms with E-state index in [-0.39, 0.29) is 11.4 Å². The Balaban J connectivity index is 1.52. The molecule has 2 aromatic carbocycles. The first kappa shape index (κ1) is 16.2. The maximum Gasteiger partial charge on any atom is 0.263 e. The molecule has 7 nitrogen and oxygen atoms in total. The molecular formula is C16H16N4O3S. The van der Waals surface area contributed by atoms with Crippen LogP contribution in [0.15, 0.2) is 70.1 Å². The number of rotatable bonds is 7. The molecule has 2 N–H and O–H groups in total. The zero-order valence-corrected chi connectivity index (χ0v) is 13.5. The molecule has 3 rings (SSSR count). The van der Waals surface area contributed by atoms with Gasteiger partial charge < -0.3 is 9.84 Å². The van der Waals surface area contributed by atoms with Gasteiger partial charge in [-0.1, -0.05) is 36.4 Å². The second-order valence-corrected chi connectivity index (χ2v) is 6.69. The van der Waals surface area contributed by atoms with Gasteiger partial charge in [0.25, 0.3) is 11.8 Å². The fourth-order valence-corrected chi connectivity index (χ4v) is 3.09. The number of hydrogen-bond donors (Lipinski definition) is 2. The summed E-state index contributed by atoms with van der Waals surface area (Å²) in [5, 5.41) is 6.73. The molecule has 0 bridgehead atoms. The highest BCUT2D eigenvalue weighted by atomic mass is 32.2. The quantitative estimate of drug-likeness (QED) is 0.637. The van der Waals surface area contributed by atoms with Crippen molar-refractivity contribution in [2.24, 2.45) is 0 Å². The topological polar surface area (TPSA) is 97.1 Å². The summed E-state index contributed by atoms with van der Waals surface area (Å²) in [5.74, 6) is 0.718. The molecule has 124 valence electrons. The lowest BCUT2D eigenvalue weighted by Crippen LogP contribution is -2.29. The molecule has 0 atom stereocenters. The molecule has 0 fully saturated rings. The molecule has 0 aliphatic carbocycles. The van der Waals surface area contributed by atoms with Crippen LogP contribution in [0, 0.1) is 0 Å². The highest BCUT2D eigenvalue weighted by molar-refractivity contribution is 7.89. The first-order valence-corrected chi connectivity index (χ1v) is 8.81. The van der Waals surface area contributed by atoms with Gasteiger partial charge in [0.1, 0.15) is 0 Å². The molecule has 0 saturated heterocycles. The third kappa shape index (κ3) is 3.98. The monoisotopic (exact) mass is 344 g/mol. The summed E-state index contributed by atoms with van der Waals surface area (Å²) in [6.45, 7) is 0.534. The van der Waals surface area contributed by atoms with E-state index < -0.39 is 10.0 Å². The van der Waals surface area contributed by atoms with E-state index in [9.17, 15) is 8.42 Å². The summed E-state index contributed by atoms with van der Waals surface area (Å²) in [6.07, 6.45) is 0. The molecule has 0 spiro atoms. The lowest BCUT2D eigenvalue weighted by atomic mass is 10.2. The lowest BCUT2D eigenvalue weighted by Gasteiger charge is -2.06. The van der Waals surface area contributed by atoms with Crippen LogP contribution in [-0.2, 0) is 10.0 Å². The Morgan fingerprint density at radius 3 is 2.29 bits per heavy atom. The predicted octanol–water partition coefficient (Wildman–Crippen LogP) is 2.13. The van der Waals surface area contributed by atoms with Crippen molar-refractivity contribution in [3.05, 3.63) is 60.7 Å². The summed E-state index contributed by atoms with van der Waals surface area (Å²) in [4.78, 5) is 4.44. The van der Waals surface area contributed by atoms with Crippen LogP contribution in [0.3, 0.4) is 0 Å². The van der Waals surface area contributed by atoms with Crippen LogP contribution < -0.4 is 10.0 Å². The van der Waals surface area contributed by atoms with E-state index in [4.69, 9.17) is 4.52 Å². The molecule has 0 amide bonds. The van der Waals surface area contributed by atoms with Crippen molar-refractivity contribution in [2.75, 3.05) is 18.4 Å². The molecule has 1 aromatic heterocycles. The number of sulfonamides is 1. The van der Waals surface area contributed by atoms with Crippen molar-refractivity contribution in [3.63, 3.8) is 0 Å². The summed E-state index contributed by atoms with van der Waals surface area (Å²) >= 11 is 0. The zero-order valence-electron chi connectivity index (χ0n) is 12.7. The van der Waals surface area contributed by atoms with Gasteiger partial charge in [-0.3, -0.25) is 0 Å². The number of benzene rings is 2. The average molecular weight is 344 g/mol. The third-order valence-electron chi connectivity index (χ3n) is 3.20. The molecule has 0 radical (unpaired) electrons. The van der Waals surface area contributed by atoms with Crippen molar-refractivity contribution < 1.29 is 12.9 Å². The first-order chi connectivity index (χ1) is 11.6. The minimum Gasteiger partial charge on any atom is -0.350 e. The second-order valence-electron chi connectivity index (χ2n) is 4.93. The summed E-state index contributed by atoms with van der Waals surface area (Å²) in [7, 11) is -3.51. The van der Waals surface area contributed by atoms with Crippen molar-refractivity contribution >= 4 is 16.0 Å². The number of hydrogen-bond acceptors (Lipinski definition) is 6. The van der Waals surface area contributed by atoms with Gasteiger partial charge in [-0.2, -0.15) is 4.98 Å². The maximum absolute atomic E-state index is 12.0. The van der Waals surface area contributed by atoms with E-state index in [2.05, 4.69) is 20.2 Å². The molecule has 8 heteroatoms. The van der Waals surface area contributed by atoms with Crippen LogP contribution in [-0.4, -0.2) is 31.6 Å². The molecule has 0 saturated carbocycles. The maximum atomic E-state index is 12.0. The smallest absolute Gasteiger partial charge is 0.263 e. The number of nitrogens with one attached hydrogen (secondary N) is 2. The van der Waals surface area contributed by atoms with Gasteiger partial charge in [-0.15, -0.1) is 0 Å². The van der Waals surface area contributed by atoms with E-state index >= 15 is 0 Å². The molecular weight excluding hydrogens is 328 g/mol. The Labute approximate surface area is 139 Å². The van der Waals surface area contributed by atoms with Crippen LogP contribution in [0.1, 0.15) is 0 Å². The van der Waals surface area contributed by atoms with Crippen molar-refractivity contribution in [1.82, 2.24) is 14.9 Å². The first-order valence-electron chi connectivity index (χ1n) is 7.33. The average Bonchev–Trinajstić information content (AvgIpc) is 3.09. The minimum absolute atomic E-state index is 0.201. The number of nitrogens with zero attached hydrogens (tertiary/aromatic N) is 2. The van der Waals surface area contributed by atoms with Crippen LogP contribution in [0.2, 0.25) is 0 Å². The van der Waals surface area contributed by atoms with Gasteiger partial charge in [0.05, 0.1) is 4.90 Å². The van der Waals surface area contributed by atoms with Crippen molar-refractivity contribution in [2.45, 2.75) is 4.90 Å². The van der Waals surface area contributed by atoms with Gasteiger partial charge >= 0.3 is 0 Å². The van der Waals surface area contributed by atoms with E-state index in [0.29, 0.717) is 18.4 Å². The van der Waals surface area contributed by atoms with Gasteiger partial charge in [0.2, 0.25) is 10.0 Å². The summed E-state index contributed by atoms with van der Waals surface area (Å²) < 4.78 is 31.8. The van der Waals surface area contributed by atoms with E-state index in [1.54, 1.807) is 30.3 Å².